The Balaban J connectivity index is 0.00000176. The first kappa shape index (κ1) is 25.4. The molecule has 4 heteroatoms. The van der Waals surface area contributed by atoms with Gasteiger partial charge in [-0.1, -0.05) is 98.8 Å². The number of thiol groups is 1. The van der Waals surface area contributed by atoms with Crippen molar-refractivity contribution in [3.05, 3.63) is 107 Å². The van der Waals surface area contributed by atoms with Gasteiger partial charge < -0.3 is 4.74 Å². The predicted octanol–water partition coefficient (Wildman–Crippen LogP) is 6.54. The normalized spacial score (nSPS) is 11.2. The Kier molecular flexibility index (Phi) is 10.8. The van der Waals surface area contributed by atoms with Crippen LogP contribution < -0.4 is 0 Å². The average molecular weight is 448 g/mol. The summed E-state index contributed by atoms with van der Waals surface area (Å²) in [6.45, 7) is 7.71. The van der Waals surface area contributed by atoms with E-state index in [9.17, 15) is 4.79 Å². The van der Waals surface area contributed by atoms with Crippen molar-refractivity contribution in [1.29, 1.82) is 0 Å². The number of hydrogen-bond donors (Lipinski definition) is 1. The maximum atomic E-state index is 13.0. The Bertz CT molecular complexity index is 943. The Morgan fingerprint density at radius 1 is 0.844 bits per heavy atom. The minimum Gasteiger partial charge on any atom is -0.461 e. The SMILES string of the molecule is CC.CC(C)OC(=O)C(Cc1cccc(CS)c1)N=C(c1ccccc1)c1ccccc1. The van der Waals surface area contributed by atoms with Gasteiger partial charge in [0.05, 0.1) is 11.8 Å². The molecule has 0 aliphatic carbocycles. The van der Waals surface area contributed by atoms with Crippen LogP contribution in [0.3, 0.4) is 0 Å². The number of hydrogen-bond acceptors (Lipinski definition) is 4. The number of carbonyl (C=O) groups is 1. The van der Waals surface area contributed by atoms with Crippen molar-refractivity contribution >= 4 is 24.3 Å². The summed E-state index contributed by atoms with van der Waals surface area (Å²) in [5.74, 6) is 0.336. The van der Waals surface area contributed by atoms with Crippen molar-refractivity contribution in [2.75, 3.05) is 0 Å². The van der Waals surface area contributed by atoms with Gasteiger partial charge in [0.25, 0.3) is 0 Å². The molecule has 0 aliphatic heterocycles. The van der Waals surface area contributed by atoms with Crippen LogP contribution in [0.2, 0.25) is 0 Å². The highest BCUT2D eigenvalue weighted by atomic mass is 32.1. The fraction of sp³-hybridized carbons (Fsp3) is 0.286. The molecule has 168 valence electrons. The van der Waals surface area contributed by atoms with E-state index in [-0.39, 0.29) is 12.1 Å². The Morgan fingerprint density at radius 2 is 1.38 bits per heavy atom. The topological polar surface area (TPSA) is 38.7 Å². The van der Waals surface area contributed by atoms with Crippen molar-refractivity contribution in [1.82, 2.24) is 0 Å². The first-order valence-electron chi connectivity index (χ1n) is 11.1. The van der Waals surface area contributed by atoms with Crippen LogP contribution in [0.5, 0.6) is 0 Å². The number of nitrogens with zero attached hydrogens (tertiary/aromatic N) is 1. The second kappa shape index (κ2) is 13.5. The smallest absolute Gasteiger partial charge is 0.331 e. The zero-order valence-electron chi connectivity index (χ0n) is 19.4. The number of carbonyl (C=O) groups excluding carboxylic acids is 1. The monoisotopic (exact) mass is 447 g/mol. The fourth-order valence-electron chi connectivity index (χ4n) is 3.23. The van der Waals surface area contributed by atoms with Gasteiger partial charge in [0.1, 0.15) is 0 Å². The molecule has 0 N–H and O–H groups in total. The first-order valence-corrected chi connectivity index (χ1v) is 11.8. The first-order chi connectivity index (χ1) is 15.6. The van der Waals surface area contributed by atoms with Crippen LogP contribution in [-0.4, -0.2) is 23.8 Å². The molecular weight excluding hydrogens is 414 g/mol. The van der Waals surface area contributed by atoms with E-state index < -0.39 is 6.04 Å². The van der Waals surface area contributed by atoms with E-state index >= 15 is 0 Å². The van der Waals surface area contributed by atoms with Crippen LogP contribution in [0.1, 0.15) is 49.9 Å². The zero-order chi connectivity index (χ0) is 23.3. The van der Waals surface area contributed by atoms with Crippen molar-refractivity contribution in [2.45, 2.75) is 52.0 Å². The predicted molar refractivity (Wildman–Crippen MR) is 138 cm³/mol. The highest BCUT2D eigenvalue weighted by Crippen LogP contribution is 2.17. The summed E-state index contributed by atoms with van der Waals surface area (Å²) < 4.78 is 5.55. The van der Waals surface area contributed by atoms with E-state index in [1.807, 2.05) is 107 Å². The summed E-state index contributed by atoms with van der Waals surface area (Å²) in [6.07, 6.45) is 0.270. The van der Waals surface area contributed by atoms with Crippen molar-refractivity contribution in [2.24, 2.45) is 4.99 Å². The molecule has 0 bridgehead atoms. The Hall–Kier alpha value is -2.85. The molecule has 1 atom stereocenters. The Morgan fingerprint density at radius 3 is 1.88 bits per heavy atom. The molecule has 0 aromatic heterocycles. The number of ether oxygens (including phenoxy) is 1. The van der Waals surface area contributed by atoms with Gasteiger partial charge in [-0.3, -0.25) is 4.99 Å². The lowest BCUT2D eigenvalue weighted by atomic mass is 10.00. The molecule has 0 heterocycles. The van der Waals surface area contributed by atoms with Crippen molar-refractivity contribution in [3.63, 3.8) is 0 Å². The van der Waals surface area contributed by atoms with Crippen LogP contribution in [-0.2, 0) is 21.7 Å². The average Bonchev–Trinajstić information content (AvgIpc) is 2.83. The zero-order valence-corrected chi connectivity index (χ0v) is 20.3. The molecule has 0 aliphatic rings. The van der Waals surface area contributed by atoms with Gasteiger partial charge in [0.2, 0.25) is 0 Å². The highest BCUT2D eigenvalue weighted by Gasteiger charge is 2.23. The molecule has 32 heavy (non-hydrogen) atoms. The van der Waals surface area contributed by atoms with E-state index in [2.05, 4.69) is 18.7 Å². The summed E-state index contributed by atoms with van der Waals surface area (Å²) in [5, 5.41) is 0. The maximum absolute atomic E-state index is 13.0. The minimum absolute atomic E-state index is 0.198. The van der Waals surface area contributed by atoms with Crippen LogP contribution in [0.4, 0.5) is 0 Å². The molecule has 0 saturated heterocycles. The van der Waals surface area contributed by atoms with E-state index in [1.54, 1.807) is 0 Å². The molecule has 0 amide bonds. The second-order valence-corrected chi connectivity index (χ2v) is 7.71. The molecule has 0 spiro atoms. The molecule has 1 unspecified atom stereocenters. The summed E-state index contributed by atoms with van der Waals surface area (Å²) in [7, 11) is 0. The van der Waals surface area contributed by atoms with Crippen LogP contribution in [0.25, 0.3) is 0 Å². The molecular formula is C28H33NO2S. The number of benzene rings is 3. The van der Waals surface area contributed by atoms with E-state index in [0.29, 0.717) is 12.2 Å². The lowest BCUT2D eigenvalue weighted by molar-refractivity contribution is -0.148. The molecule has 3 aromatic rings. The van der Waals surface area contributed by atoms with Gasteiger partial charge in [-0.2, -0.15) is 12.6 Å². The van der Waals surface area contributed by atoms with E-state index in [0.717, 1.165) is 28.0 Å². The number of aliphatic imine (C=N–C) groups is 1. The Labute approximate surface area is 198 Å². The highest BCUT2D eigenvalue weighted by molar-refractivity contribution is 7.79. The molecule has 3 rings (SSSR count). The summed E-state index contributed by atoms with van der Waals surface area (Å²) >= 11 is 4.37. The third-order valence-corrected chi connectivity index (χ3v) is 4.97. The van der Waals surface area contributed by atoms with Gasteiger partial charge in [-0.15, -0.1) is 0 Å². The molecule has 3 nitrogen and oxygen atoms in total. The molecule has 3 aromatic carbocycles. The van der Waals surface area contributed by atoms with Crippen LogP contribution in [0.15, 0.2) is 89.9 Å². The standard InChI is InChI=1S/C26H27NO2S.C2H6/c1-19(2)29-26(28)24(17-20-10-9-11-21(16-20)18-30)27-25(22-12-5-3-6-13-22)23-14-7-4-8-15-23;1-2/h3-16,19,24,30H,17-18H2,1-2H3;1-2H3. The van der Waals surface area contributed by atoms with Crippen LogP contribution in [0, 0.1) is 0 Å². The number of rotatable bonds is 8. The second-order valence-electron chi connectivity index (χ2n) is 7.39. The molecule has 0 saturated carbocycles. The minimum atomic E-state index is -0.641. The maximum Gasteiger partial charge on any atom is 0.331 e. The van der Waals surface area contributed by atoms with Gasteiger partial charge >= 0.3 is 5.97 Å². The lowest BCUT2D eigenvalue weighted by Gasteiger charge is -2.17. The largest absolute Gasteiger partial charge is 0.461 e. The van der Waals surface area contributed by atoms with Crippen molar-refractivity contribution in [3.8, 4) is 0 Å². The third kappa shape index (κ3) is 7.69. The van der Waals surface area contributed by atoms with E-state index in [1.165, 1.54) is 0 Å². The van der Waals surface area contributed by atoms with Crippen LogP contribution >= 0.6 is 12.6 Å². The quantitative estimate of drug-likeness (QED) is 0.242. The summed E-state index contributed by atoms with van der Waals surface area (Å²) in [5.41, 5.74) is 4.87. The third-order valence-electron chi connectivity index (χ3n) is 4.61. The van der Waals surface area contributed by atoms with Gasteiger partial charge in [-0.05, 0) is 25.0 Å². The summed E-state index contributed by atoms with van der Waals surface area (Å²) in [4.78, 5) is 17.9. The number of esters is 1. The molecule has 0 fully saturated rings. The van der Waals surface area contributed by atoms with Crippen molar-refractivity contribution < 1.29 is 9.53 Å². The lowest BCUT2D eigenvalue weighted by Crippen LogP contribution is -2.28. The van der Waals surface area contributed by atoms with Gasteiger partial charge in [0.15, 0.2) is 6.04 Å². The van der Waals surface area contributed by atoms with Gasteiger partial charge in [-0.25, -0.2) is 4.79 Å². The van der Waals surface area contributed by atoms with E-state index in [4.69, 9.17) is 9.73 Å². The fourth-order valence-corrected chi connectivity index (χ4v) is 3.43. The van der Waals surface area contributed by atoms with Gasteiger partial charge in [0, 0.05) is 23.3 Å². The summed E-state index contributed by atoms with van der Waals surface area (Å²) in [6, 6.07) is 27.4. The molecule has 0 radical (unpaired) electrons.